The van der Waals surface area contributed by atoms with Crippen LogP contribution in [0.3, 0.4) is 0 Å². The number of nitrogens with one attached hydrogen (secondary N) is 2. The Bertz CT molecular complexity index is 1540. The predicted molar refractivity (Wildman–Crippen MR) is 127 cm³/mol. The van der Waals surface area contributed by atoms with Crippen molar-refractivity contribution in [1.82, 2.24) is 15.0 Å². The van der Waals surface area contributed by atoms with Crippen LogP contribution in [0.1, 0.15) is 5.56 Å². The fraction of sp³-hybridized carbons (Fsp3) is 0.0417. The number of sulfonamides is 1. The normalized spacial score (nSPS) is 11.5. The van der Waals surface area contributed by atoms with Gasteiger partial charge in [0.25, 0.3) is 10.0 Å². The first-order valence-electron chi connectivity index (χ1n) is 9.96. The Morgan fingerprint density at radius 3 is 2.28 bits per heavy atom. The Labute approximate surface area is 185 Å². The highest BCUT2D eigenvalue weighted by Gasteiger charge is 2.16. The lowest BCUT2D eigenvalue weighted by atomic mass is 10.0. The van der Waals surface area contributed by atoms with E-state index in [1.54, 1.807) is 30.3 Å². The molecule has 8 heteroatoms. The number of aryl methyl sites for hydroxylation is 1. The summed E-state index contributed by atoms with van der Waals surface area (Å²) in [6, 6.07) is 22.2. The Balaban J connectivity index is 1.51. The zero-order valence-corrected chi connectivity index (χ0v) is 18.0. The van der Waals surface area contributed by atoms with Crippen LogP contribution in [0.4, 0.5) is 17.3 Å². The van der Waals surface area contributed by atoms with E-state index >= 15 is 0 Å². The third-order valence-electron chi connectivity index (χ3n) is 5.14. The van der Waals surface area contributed by atoms with Crippen molar-refractivity contribution < 1.29 is 8.42 Å². The first kappa shape index (κ1) is 19.9. The van der Waals surface area contributed by atoms with Crippen LogP contribution in [0.5, 0.6) is 0 Å². The van der Waals surface area contributed by atoms with Crippen molar-refractivity contribution in [1.29, 1.82) is 0 Å². The van der Waals surface area contributed by atoms with Crippen LogP contribution in [0, 0.1) is 6.92 Å². The fourth-order valence-corrected chi connectivity index (χ4v) is 4.54. The molecule has 0 aliphatic carbocycles. The second-order valence-electron chi connectivity index (χ2n) is 7.30. The van der Waals surface area contributed by atoms with Gasteiger partial charge in [0.1, 0.15) is 0 Å². The molecule has 5 aromatic rings. The van der Waals surface area contributed by atoms with Crippen molar-refractivity contribution in [2.75, 3.05) is 10.0 Å². The maximum Gasteiger partial charge on any atom is 0.264 e. The smallest absolute Gasteiger partial charge is 0.264 e. The number of pyridine rings is 1. The number of fused-ring (bicyclic) bond motifs is 2. The SMILES string of the molecule is Cc1cccc2c(Nc3ccc(S(=O)(=O)Nc4ncccn4)cc3)c3ccccc3nc12. The Kier molecular flexibility index (Phi) is 4.91. The molecule has 32 heavy (non-hydrogen) atoms. The summed E-state index contributed by atoms with van der Waals surface area (Å²) in [6.07, 6.45) is 2.95. The first-order chi connectivity index (χ1) is 15.5. The summed E-state index contributed by atoms with van der Waals surface area (Å²) in [4.78, 5) is 12.8. The molecule has 2 heterocycles. The zero-order chi connectivity index (χ0) is 22.1. The van der Waals surface area contributed by atoms with Crippen molar-refractivity contribution in [2.45, 2.75) is 11.8 Å². The van der Waals surface area contributed by atoms with E-state index in [-0.39, 0.29) is 10.8 Å². The average molecular weight is 442 g/mol. The molecular weight excluding hydrogens is 422 g/mol. The van der Waals surface area contributed by atoms with Gasteiger partial charge in [0, 0.05) is 28.9 Å². The van der Waals surface area contributed by atoms with Gasteiger partial charge in [-0.3, -0.25) is 0 Å². The molecule has 0 fully saturated rings. The lowest BCUT2D eigenvalue weighted by molar-refractivity contribution is 0.601. The van der Waals surface area contributed by atoms with Crippen molar-refractivity contribution >= 4 is 49.2 Å². The van der Waals surface area contributed by atoms with Crippen molar-refractivity contribution in [2.24, 2.45) is 0 Å². The van der Waals surface area contributed by atoms with Gasteiger partial charge in [0.2, 0.25) is 5.95 Å². The van der Waals surface area contributed by atoms with E-state index in [2.05, 4.69) is 20.0 Å². The average Bonchev–Trinajstić information content (AvgIpc) is 2.80. The van der Waals surface area contributed by atoms with Gasteiger partial charge < -0.3 is 5.32 Å². The van der Waals surface area contributed by atoms with Gasteiger partial charge in [0.15, 0.2) is 0 Å². The number of aromatic nitrogens is 3. The number of para-hydroxylation sites is 2. The molecule has 0 amide bonds. The highest BCUT2D eigenvalue weighted by molar-refractivity contribution is 7.92. The van der Waals surface area contributed by atoms with Gasteiger partial charge in [-0.15, -0.1) is 0 Å². The third kappa shape index (κ3) is 3.72. The molecule has 3 aromatic carbocycles. The topological polar surface area (TPSA) is 96.9 Å². The van der Waals surface area contributed by atoms with Crippen LogP contribution in [0.25, 0.3) is 21.8 Å². The quantitative estimate of drug-likeness (QED) is 0.371. The van der Waals surface area contributed by atoms with E-state index in [9.17, 15) is 8.42 Å². The van der Waals surface area contributed by atoms with Crippen LogP contribution in [-0.4, -0.2) is 23.4 Å². The molecule has 0 radical (unpaired) electrons. The number of benzene rings is 3. The van der Waals surface area contributed by atoms with E-state index < -0.39 is 10.0 Å². The molecule has 0 bridgehead atoms. The lowest BCUT2D eigenvalue weighted by Crippen LogP contribution is -2.14. The number of nitrogens with zero attached hydrogens (tertiary/aromatic N) is 3. The summed E-state index contributed by atoms with van der Waals surface area (Å²) >= 11 is 0. The molecular formula is C24H19N5O2S. The maximum absolute atomic E-state index is 12.6. The molecule has 0 atom stereocenters. The van der Waals surface area contributed by atoms with Gasteiger partial charge >= 0.3 is 0 Å². The van der Waals surface area contributed by atoms with Gasteiger partial charge in [-0.05, 0) is 48.9 Å². The summed E-state index contributed by atoms with van der Waals surface area (Å²) in [5.74, 6) is 0.0276. The molecule has 158 valence electrons. The van der Waals surface area contributed by atoms with Crippen molar-refractivity contribution in [3.05, 3.63) is 90.8 Å². The Morgan fingerprint density at radius 2 is 1.50 bits per heavy atom. The second-order valence-corrected chi connectivity index (χ2v) is 8.98. The molecule has 0 aliphatic rings. The molecule has 0 aliphatic heterocycles. The standard InChI is InChI=1S/C24H19N5O2S/c1-16-6-4-8-20-22(16)28-21-9-3-2-7-19(21)23(20)27-17-10-12-18(13-11-17)32(30,31)29-24-25-14-5-15-26-24/h2-15H,1H3,(H,27,28)(H,25,26,29). The van der Waals surface area contributed by atoms with Gasteiger partial charge in [0.05, 0.1) is 21.6 Å². The molecule has 0 saturated heterocycles. The van der Waals surface area contributed by atoms with Crippen LogP contribution >= 0.6 is 0 Å². The third-order valence-corrected chi connectivity index (χ3v) is 6.48. The van der Waals surface area contributed by atoms with E-state index in [0.29, 0.717) is 0 Å². The van der Waals surface area contributed by atoms with Gasteiger partial charge in [-0.1, -0.05) is 36.4 Å². The van der Waals surface area contributed by atoms with Crippen molar-refractivity contribution in [3.63, 3.8) is 0 Å². The molecule has 0 saturated carbocycles. The van der Waals surface area contributed by atoms with E-state index in [0.717, 1.165) is 38.7 Å². The highest BCUT2D eigenvalue weighted by atomic mass is 32.2. The summed E-state index contributed by atoms with van der Waals surface area (Å²) < 4.78 is 27.7. The molecule has 2 aromatic heterocycles. The van der Waals surface area contributed by atoms with Crippen LogP contribution in [-0.2, 0) is 10.0 Å². The fourth-order valence-electron chi connectivity index (χ4n) is 3.58. The van der Waals surface area contributed by atoms with Gasteiger partial charge in [-0.25, -0.2) is 28.1 Å². The second kappa shape index (κ2) is 7.90. The summed E-state index contributed by atoms with van der Waals surface area (Å²) in [5, 5.41) is 5.46. The monoisotopic (exact) mass is 441 g/mol. The minimum atomic E-state index is -3.79. The zero-order valence-electron chi connectivity index (χ0n) is 17.1. The molecule has 0 unspecified atom stereocenters. The van der Waals surface area contributed by atoms with Crippen LogP contribution in [0.15, 0.2) is 90.1 Å². The van der Waals surface area contributed by atoms with E-state index in [4.69, 9.17) is 4.98 Å². The predicted octanol–water partition coefficient (Wildman–Crippen LogP) is 5.03. The number of rotatable bonds is 5. The highest BCUT2D eigenvalue weighted by Crippen LogP contribution is 2.34. The minimum absolute atomic E-state index is 0.0276. The molecule has 5 rings (SSSR count). The maximum atomic E-state index is 12.6. The Morgan fingerprint density at radius 1 is 0.781 bits per heavy atom. The number of hydrogen-bond donors (Lipinski definition) is 2. The summed E-state index contributed by atoms with van der Waals surface area (Å²) in [6.45, 7) is 2.04. The van der Waals surface area contributed by atoms with E-state index in [1.807, 2.05) is 49.4 Å². The van der Waals surface area contributed by atoms with Crippen LogP contribution in [0.2, 0.25) is 0 Å². The van der Waals surface area contributed by atoms with E-state index in [1.165, 1.54) is 12.4 Å². The molecule has 2 N–H and O–H groups in total. The largest absolute Gasteiger partial charge is 0.354 e. The van der Waals surface area contributed by atoms with Crippen molar-refractivity contribution in [3.8, 4) is 0 Å². The summed E-state index contributed by atoms with van der Waals surface area (Å²) in [5.41, 5.74) is 4.61. The number of hydrogen-bond acceptors (Lipinski definition) is 6. The molecule has 7 nitrogen and oxygen atoms in total. The van der Waals surface area contributed by atoms with Crippen LogP contribution < -0.4 is 10.0 Å². The minimum Gasteiger partial charge on any atom is -0.354 e. The van der Waals surface area contributed by atoms with Gasteiger partial charge in [-0.2, -0.15) is 0 Å². The Hall–Kier alpha value is -4.04. The lowest BCUT2D eigenvalue weighted by Gasteiger charge is -2.15. The number of anilines is 3. The molecule has 0 spiro atoms. The summed E-state index contributed by atoms with van der Waals surface area (Å²) in [7, 11) is -3.79. The first-order valence-corrected chi connectivity index (χ1v) is 11.4.